The zero-order valence-corrected chi connectivity index (χ0v) is 12.0. The van der Waals surface area contributed by atoms with Gasteiger partial charge in [0.25, 0.3) is 0 Å². The molecule has 0 aromatic carbocycles. The highest BCUT2D eigenvalue weighted by Gasteiger charge is 2.35. The molecule has 2 amide bonds. The van der Waals surface area contributed by atoms with Gasteiger partial charge in [-0.2, -0.15) is 0 Å². The molecule has 0 bridgehead atoms. The Bertz CT molecular complexity index is 353. The smallest absolute Gasteiger partial charge is 0.231 e. The number of nitrogens with two attached hydrogens (primary N) is 1. The van der Waals surface area contributed by atoms with Gasteiger partial charge >= 0.3 is 0 Å². The fourth-order valence-corrected chi connectivity index (χ4v) is 2.79. The number of primary amides is 1. The van der Waals surface area contributed by atoms with E-state index in [2.05, 4.69) is 18.7 Å². The van der Waals surface area contributed by atoms with Gasteiger partial charge in [-0.05, 0) is 24.7 Å². The third-order valence-corrected chi connectivity index (χ3v) is 4.11. The van der Waals surface area contributed by atoms with Crippen molar-refractivity contribution in [1.82, 2.24) is 9.80 Å². The van der Waals surface area contributed by atoms with Crippen LogP contribution in [0, 0.1) is 11.8 Å². The Kier molecular flexibility index (Phi) is 4.45. The summed E-state index contributed by atoms with van der Waals surface area (Å²) >= 11 is 0. The first-order valence-corrected chi connectivity index (χ1v) is 7.27. The van der Waals surface area contributed by atoms with E-state index < -0.39 is 0 Å². The van der Waals surface area contributed by atoms with Gasteiger partial charge < -0.3 is 10.6 Å². The molecule has 0 aromatic heterocycles. The summed E-state index contributed by atoms with van der Waals surface area (Å²) in [6, 6.07) is 0.204. The summed E-state index contributed by atoms with van der Waals surface area (Å²) in [5.41, 5.74) is 5.28. The fraction of sp³-hybridized carbons (Fsp3) is 0.857. The fourth-order valence-electron chi connectivity index (χ4n) is 2.79. The molecule has 1 heterocycles. The van der Waals surface area contributed by atoms with Crippen LogP contribution in [0.1, 0.15) is 33.1 Å². The Morgan fingerprint density at radius 1 is 1.42 bits per heavy atom. The van der Waals surface area contributed by atoms with Gasteiger partial charge in [-0.3, -0.25) is 14.5 Å². The van der Waals surface area contributed by atoms with E-state index in [1.54, 1.807) is 0 Å². The molecular weight excluding hydrogens is 242 g/mol. The Labute approximate surface area is 115 Å². The quantitative estimate of drug-likeness (QED) is 0.786. The van der Waals surface area contributed by atoms with Gasteiger partial charge in [0.05, 0.1) is 6.54 Å². The van der Waals surface area contributed by atoms with Crippen molar-refractivity contribution < 1.29 is 9.59 Å². The lowest BCUT2D eigenvalue weighted by atomic mass is 10.0. The number of rotatable bonds is 5. The van der Waals surface area contributed by atoms with E-state index in [1.807, 2.05) is 4.90 Å². The van der Waals surface area contributed by atoms with Crippen LogP contribution in [0.4, 0.5) is 0 Å². The second kappa shape index (κ2) is 5.90. The van der Waals surface area contributed by atoms with E-state index in [1.165, 1.54) is 12.8 Å². The van der Waals surface area contributed by atoms with Crippen LogP contribution < -0.4 is 5.73 Å². The first-order chi connectivity index (χ1) is 8.97. The highest BCUT2D eigenvalue weighted by atomic mass is 16.2. The number of carbonyl (C=O) groups is 2. The van der Waals surface area contributed by atoms with Crippen molar-refractivity contribution in [2.45, 2.75) is 39.2 Å². The SMILES string of the molecule is CC(C)[C@H]1CN(CC(N)=O)CCC(=O)N1CC1CC1. The van der Waals surface area contributed by atoms with Gasteiger partial charge in [0, 0.05) is 32.1 Å². The molecule has 2 aliphatic rings. The maximum atomic E-state index is 12.3. The first kappa shape index (κ1) is 14.3. The lowest BCUT2D eigenvalue weighted by Crippen LogP contribution is -2.48. The van der Waals surface area contributed by atoms with Crippen molar-refractivity contribution in [3.8, 4) is 0 Å². The minimum absolute atomic E-state index is 0.204. The molecule has 5 heteroatoms. The van der Waals surface area contributed by atoms with E-state index in [0.717, 1.165) is 13.1 Å². The molecule has 19 heavy (non-hydrogen) atoms. The molecule has 2 fully saturated rings. The average Bonchev–Trinajstić information content (AvgIpc) is 3.12. The maximum Gasteiger partial charge on any atom is 0.231 e. The summed E-state index contributed by atoms with van der Waals surface area (Å²) in [5.74, 6) is 1.02. The van der Waals surface area contributed by atoms with Crippen LogP contribution in [0.3, 0.4) is 0 Å². The number of amides is 2. The Balaban J connectivity index is 2.07. The van der Waals surface area contributed by atoms with E-state index >= 15 is 0 Å². The van der Waals surface area contributed by atoms with Crippen molar-refractivity contribution in [2.24, 2.45) is 17.6 Å². The van der Waals surface area contributed by atoms with Crippen molar-refractivity contribution in [3.63, 3.8) is 0 Å². The monoisotopic (exact) mass is 267 g/mol. The summed E-state index contributed by atoms with van der Waals surface area (Å²) in [7, 11) is 0. The van der Waals surface area contributed by atoms with E-state index in [0.29, 0.717) is 24.8 Å². The van der Waals surface area contributed by atoms with Crippen molar-refractivity contribution in [1.29, 1.82) is 0 Å². The highest BCUT2D eigenvalue weighted by molar-refractivity contribution is 5.78. The van der Waals surface area contributed by atoms with Crippen LogP contribution in [0.25, 0.3) is 0 Å². The van der Waals surface area contributed by atoms with Crippen LogP contribution in [0.5, 0.6) is 0 Å². The second-order valence-corrected chi connectivity index (χ2v) is 6.25. The van der Waals surface area contributed by atoms with Gasteiger partial charge in [-0.15, -0.1) is 0 Å². The van der Waals surface area contributed by atoms with Crippen LogP contribution in [-0.2, 0) is 9.59 Å². The van der Waals surface area contributed by atoms with Gasteiger partial charge in [-0.1, -0.05) is 13.8 Å². The molecular formula is C14H25N3O2. The third-order valence-electron chi connectivity index (χ3n) is 4.11. The average molecular weight is 267 g/mol. The molecule has 1 atom stereocenters. The molecule has 108 valence electrons. The molecule has 0 spiro atoms. The number of nitrogens with zero attached hydrogens (tertiary/aromatic N) is 2. The van der Waals surface area contributed by atoms with Crippen molar-refractivity contribution in [2.75, 3.05) is 26.2 Å². The summed E-state index contributed by atoms with van der Waals surface area (Å²) in [5, 5.41) is 0. The minimum Gasteiger partial charge on any atom is -0.369 e. The Morgan fingerprint density at radius 2 is 2.11 bits per heavy atom. The predicted molar refractivity (Wildman–Crippen MR) is 73.3 cm³/mol. The third kappa shape index (κ3) is 3.93. The largest absolute Gasteiger partial charge is 0.369 e. The molecule has 1 aliphatic carbocycles. The molecule has 1 aliphatic heterocycles. The summed E-state index contributed by atoms with van der Waals surface area (Å²) in [4.78, 5) is 27.5. The van der Waals surface area contributed by atoms with Crippen LogP contribution in [0.15, 0.2) is 0 Å². The zero-order valence-electron chi connectivity index (χ0n) is 12.0. The molecule has 1 saturated heterocycles. The second-order valence-electron chi connectivity index (χ2n) is 6.25. The number of hydrogen-bond donors (Lipinski definition) is 1. The Morgan fingerprint density at radius 3 is 2.63 bits per heavy atom. The minimum atomic E-state index is -0.314. The lowest BCUT2D eigenvalue weighted by Gasteiger charge is -2.34. The van der Waals surface area contributed by atoms with Crippen LogP contribution >= 0.6 is 0 Å². The van der Waals surface area contributed by atoms with Gasteiger partial charge in [0.2, 0.25) is 11.8 Å². The molecule has 5 nitrogen and oxygen atoms in total. The van der Waals surface area contributed by atoms with Crippen LogP contribution in [-0.4, -0.2) is 53.8 Å². The van der Waals surface area contributed by atoms with Gasteiger partial charge in [0.1, 0.15) is 0 Å². The normalized spacial score (nSPS) is 25.7. The molecule has 2 N–H and O–H groups in total. The van der Waals surface area contributed by atoms with E-state index in [4.69, 9.17) is 5.73 Å². The van der Waals surface area contributed by atoms with Crippen molar-refractivity contribution in [3.05, 3.63) is 0 Å². The van der Waals surface area contributed by atoms with Gasteiger partial charge in [-0.25, -0.2) is 0 Å². The van der Waals surface area contributed by atoms with E-state index in [-0.39, 0.29) is 24.4 Å². The van der Waals surface area contributed by atoms with Crippen molar-refractivity contribution >= 4 is 11.8 Å². The summed E-state index contributed by atoms with van der Waals surface area (Å²) < 4.78 is 0. The summed E-state index contributed by atoms with van der Waals surface area (Å²) in [6.45, 7) is 6.85. The van der Waals surface area contributed by atoms with Gasteiger partial charge in [0.15, 0.2) is 0 Å². The predicted octanol–water partition coefficient (Wildman–Crippen LogP) is 0.441. The molecule has 2 rings (SSSR count). The lowest BCUT2D eigenvalue weighted by molar-refractivity contribution is -0.133. The summed E-state index contributed by atoms with van der Waals surface area (Å²) in [6.07, 6.45) is 3.00. The number of hydrogen-bond acceptors (Lipinski definition) is 3. The highest BCUT2D eigenvalue weighted by Crippen LogP contribution is 2.32. The van der Waals surface area contributed by atoms with Crippen LogP contribution in [0.2, 0.25) is 0 Å². The number of carbonyl (C=O) groups excluding carboxylic acids is 2. The molecule has 0 unspecified atom stereocenters. The molecule has 1 saturated carbocycles. The zero-order chi connectivity index (χ0) is 14.0. The maximum absolute atomic E-state index is 12.3. The van der Waals surface area contributed by atoms with E-state index in [9.17, 15) is 9.59 Å². The first-order valence-electron chi connectivity index (χ1n) is 7.27. The standard InChI is InChI=1S/C14H25N3O2/c1-10(2)12-8-16(9-13(15)18)6-5-14(19)17(12)7-11-3-4-11/h10-12H,3-9H2,1-2H3,(H2,15,18)/t12-/m1/s1. The molecule has 0 radical (unpaired) electrons. The molecule has 0 aromatic rings. The Hall–Kier alpha value is -1.10. The topological polar surface area (TPSA) is 66.6 Å².